The van der Waals surface area contributed by atoms with Crippen molar-refractivity contribution in [3.8, 4) is 5.75 Å². The first-order valence-electron chi connectivity index (χ1n) is 18.2. The van der Waals surface area contributed by atoms with Crippen molar-refractivity contribution in [2.45, 2.75) is 111 Å². The predicted octanol–water partition coefficient (Wildman–Crippen LogP) is 9.54. The number of aromatic carboxylic acids is 1. The van der Waals surface area contributed by atoms with Gasteiger partial charge in [0.05, 0.1) is 17.5 Å². The molecular formula is C40H60N4O3. The lowest BCUT2D eigenvalue weighted by Crippen LogP contribution is -2.53. The molecule has 7 heteroatoms. The van der Waals surface area contributed by atoms with Crippen molar-refractivity contribution in [3.05, 3.63) is 53.8 Å². The molecule has 4 fully saturated rings. The topological polar surface area (TPSA) is 151 Å². The van der Waals surface area contributed by atoms with E-state index in [0.29, 0.717) is 39.3 Å². The van der Waals surface area contributed by atoms with E-state index in [9.17, 15) is 4.79 Å². The summed E-state index contributed by atoms with van der Waals surface area (Å²) in [6, 6.07) is 9.66. The minimum atomic E-state index is -1.02. The highest BCUT2D eigenvalue weighted by atomic mass is 16.5. The van der Waals surface area contributed by atoms with Crippen LogP contribution in [0.25, 0.3) is 0 Å². The number of hydrogen-bond acceptors (Lipinski definition) is 6. The number of carboxylic acids is 1. The highest BCUT2D eigenvalue weighted by Gasteiger charge is 2.60. The lowest BCUT2D eigenvalue weighted by atomic mass is 9.44. The van der Waals surface area contributed by atoms with Gasteiger partial charge in [0.25, 0.3) is 0 Å². The summed E-state index contributed by atoms with van der Waals surface area (Å²) in [5, 5.41) is 8.52. The summed E-state index contributed by atoms with van der Waals surface area (Å²) < 4.78 is 5.85. The average molecular weight is 645 g/mol. The fourth-order valence-corrected chi connectivity index (χ4v) is 10.9. The third kappa shape index (κ3) is 7.54. The van der Waals surface area contributed by atoms with Gasteiger partial charge in [-0.25, -0.2) is 4.79 Å². The minimum absolute atomic E-state index is 0.113. The molecule has 4 aliphatic carbocycles. The van der Waals surface area contributed by atoms with Gasteiger partial charge in [-0.05, 0) is 159 Å². The molecule has 2 unspecified atom stereocenters. The maximum Gasteiger partial charge on any atom is 0.335 e. The number of allylic oxidation sites excluding steroid dienone is 1. The van der Waals surface area contributed by atoms with E-state index in [1.807, 2.05) is 18.4 Å². The standard InChI is InChI=1S/C33H52N2O.C7H8N2O2/c1-22(21-36-31-16-12-25(34)20-30(31)35)8-7-9-23(2)27-14-15-28-26-13-11-24-10-5-6-18-32(24,3)29(26)17-19-33(27,28)4;8-5-1-4(7(10)11)2-6(9)3-5/h12,16,20-21,23-24,26-29H,5-11,13-15,17-19,34-35H2,1-4H3;1-3H,8-9H2,(H,10,11)/t23?,24?,26-,27+,28-,29-,32-,33+;/m0./s1. The molecule has 0 aliphatic heterocycles. The van der Waals surface area contributed by atoms with Gasteiger partial charge in [0, 0.05) is 17.1 Å². The van der Waals surface area contributed by atoms with Crippen LogP contribution in [0.1, 0.15) is 122 Å². The molecule has 0 spiro atoms. The van der Waals surface area contributed by atoms with Crippen molar-refractivity contribution in [1.82, 2.24) is 0 Å². The summed E-state index contributed by atoms with van der Waals surface area (Å²) in [5.41, 5.74) is 27.2. The molecule has 47 heavy (non-hydrogen) atoms. The zero-order valence-corrected chi connectivity index (χ0v) is 29.3. The van der Waals surface area contributed by atoms with Crippen LogP contribution in [0.5, 0.6) is 5.75 Å². The zero-order valence-electron chi connectivity index (χ0n) is 29.3. The SMILES string of the molecule is CC(=COc1ccc(N)cc1N)CCCC(C)[C@H]1CC[C@H]2[C@@H]3CCC4CCCC[C@]4(C)[C@H]3CC[C@]12C.Nc1cc(N)cc(C(=O)O)c1. The van der Waals surface area contributed by atoms with E-state index < -0.39 is 5.97 Å². The monoisotopic (exact) mass is 644 g/mol. The van der Waals surface area contributed by atoms with E-state index in [2.05, 4.69) is 27.7 Å². The quantitative estimate of drug-likeness (QED) is 0.142. The lowest BCUT2D eigenvalue weighted by molar-refractivity contribution is -0.114. The van der Waals surface area contributed by atoms with Crippen LogP contribution < -0.4 is 27.7 Å². The van der Waals surface area contributed by atoms with E-state index >= 15 is 0 Å². The molecule has 0 bridgehead atoms. The number of carbonyl (C=O) groups is 1. The number of nitrogens with two attached hydrogens (primary N) is 4. The summed E-state index contributed by atoms with van der Waals surface area (Å²) in [6.45, 7) is 10.2. The van der Waals surface area contributed by atoms with Crippen molar-refractivity contribution in [2.24, 2.45) is 46.3 Å². The van der Waals surface area contributed by atoms with Crippen LogP contribution in [0.4, 0.5) is 22.7 Å². The predicted molar refractivity (Wildman–Crippen MR) is 195 cm³/mol. The number of hydrogen-bond donors (Lipinski definition) is 5. The Morgan fingerprint density at radius 2 is 1.62 bits per heavy atom. The average Bonchev–Trinajstić information content (AvgIpc) is 3.37. The van der Waals surface area contributed by atoms with Gasteiger partial charge in [-0.3, -0.25) is 0 Å². The van der Waals surface area contributed by atoms with Crippen molar-refractivity contribution < 1.29 is 14.6 Å². The van der Waals surface area contributed by atoms with E-state index in [4.69, 9.17) is 32.8 Å². The van der Waals surface area contributed by atoms with Crippen molar-refractivity contribution in [2.75, 3.05) is 22.9 Å². The molecule has 4 aliphatic rings. The van der Waals surface area contributed by atoms with Crippen LogP contribution in [0.15, 0.2) is 48.2 Å². The number of carboxylic acid groups (broad SMARTS) is 1. The lowest BCUT2D eigenvalue weighted by Gasteiger charge is -2.61. The third-order valence-corrected chi connectivity index (χ3v) is 13.2. The molecule has 6 rings (SSSR count). The van der Waals surface area contributed by atoms with Gasteiger partial charge >= 0.3 is 5.97 Å². The first-order valence-corrected chi connectivity index (χ1v) is 18.2. The molecule has 0 amide bonds. The van der Waals surface area contributed by atoms with E-state index in [0.717, 1.165) is 41.9 Å². The Labute approximate surface area is 282 Å². The highest BCUT2D eigenvalue weighted by molar-refractivity contribution is 5.90. The smallest absolute Gasteiger partial charge is 0.335 e. The Bertz CT molecular complexity index is 1420. The van der Waals surface area contributed by atoms with E-state index in [-0.39, 0.29) is 5.56 Å². The number of ether oxygens (including phenoxy) is 1. The number of fused-ring (bicyclic) bond motifs is 5. The molecule has 8 atom stereocenters. The largest absolute Gasteiger partial charge is 0.478 e. The zero-order chi connectivity index (χ0) is 33.9. The first-order chi connectivity index (χ1) is 22.3. The van der Waals surface area contributed by atoms with Gasteiger partial charge in [-0.2, -0.15) is 0 Å². The van der Waals surface area contributed by atoms with Crippen LogP contribution in [-0.2, 0) is 0 Å². The fraction of sp³-hybridized carbons (Fsp3) is 0.625. The Balaban J connectivity index is 0.000000335. The second-order valence-corrected chi connectivity index (χ2v) is 16.1. The molecule has 258 valence electrons. The second-order valence-electron chi connectivity index (χ2n) is 16.1. The summed E-state index contributed by atoms with van der Waals surface area (Å²) in [7, 11) is 0. The molecule has 2 aromatic carbocycles. The molecule has 0 saturated heterocycles. The maximum absolute atomic E-state index is 10.4. The van der Waals surface area contributed by atoms with Gasteiger partial charge < -0.3 is 32.8 Å². The second kappa shape index (κ2) is 14.4. The first kappa shape index (κ1) is 35.0. The number of rotatable bonds is 8. The molecule has 0 radical (unpaired) electrons. The van der Waals surface area contributed by atoms with Crippen LogP contribution in [0.3, 0.4) is 0 Å². The Morgan fingerprint density at radius 3 is 2.32 bits per heavy atom. The van der Waals surface area contributed by atoms with Crippen LogP contribution in [0, 0.1) is 46.3 Å². The maximum atomic E-state index is 10.4. The van der Waals surface area contributed by atoms with Crippen LogP contribution in [0.2, 0.25) is 0 Å². The number of benzene rings is 2. The van der Waals surface area contributed by atoms with Crippen molar-refractivity contribution in [1.29, 1.82) is 0 Å². The molecule has 2 aromatic rings. The molecule has 7 nitrogen and oxygen atoms in total. The van der Waals surface area contributed by atoms with E-state index in [1.54, 1.807) is 6.07 Å². The Morgan fingerprint density at radius 1 is 0.894 bits per heavy atom. The van der Waals surface area contributed by atoms with Crippen LogP contribution in [-0.4, -0.2) is 11.1 Å². The van der Waals surface area contributed by atoms with Crippen molar-refractivity contribution in [3.63, 3.8) is 0 Å². The Kier molecular flexibility index (Phi) is 10.7. The summed E-state index contributed by atoms with van der Waals surface area (Å²) >= 11 is 0. The van der Waals surface area contributed by atoms with Gasteiger partial charge in [-0.15, -0.1) is 0 Å². The van der Waals surface area contributed by atoms with E-state index in [1.165, 1.54) is 101 Å². The van der Waals surface area contributed by atoms with Gasteiger partial charge in [-0.1, -0.05) is 40.0 Å². The molecule has 4 saturated carbocycles. The van der Waals surface area contributed by atoms with Gasteiger partial charge in [0.1, 0.15) is 5.75 Å². The Hall–Kier alpha value is -3.35. The molecule has 9 N–H and O–H groups in total. The summed E-state index contributed by atoms with van der Waals surface area (Å²) in [6.07, 6.45) is 20.6. The highest BCUT2D eigenvalue weighted by Crippen LogP contribution is 2.68. The number of nitrogen functional groups attached to an aromatic ring is 4. The van der Waals surface area contributed by atoms with Gasteiger partial charge in [0.15, 0.2) is 0 Å². The normalized spacial score (nSPS) is 32.2. The molecular weight excluding hydrogens is 584 g/mol. The van der Waals surface area contributed by atoms with Gasteiger partial charge in [0.2, 0.25) is 0 Å². The molecule has 0 heterocycles. The summed E-state index contributed by atoms with van der Waals surface area (Å²) in [5.74, 6) is 5.45. The number of anilines is 4. The van der Waals surface area contributed by atoms with Crippen LogP contribution >= 0.6 is 0 Å². The fourth-order valence-electron chi connectivity index (χ4n) is 10.9. The summed E-state index contributed by atoms with van der Waals surface area (Å²) in [4.78, 5) is 10.4. The van der Waals surface area contributed by atoms with Crippen molar-refractivity contribution >= 4 is 28.7 Å². The minimum Gasteiger partial charge on any atom is -0.478 e. The third-order valence-electron chi connectivity index (χ3n) is 13.2. The molecule has 0 aromatic heterocycles.